The molecule has 0 aliphatic rings. The molecular weight excluding hydrogens is 374 g/mol. The molecule has 0 fully saturated rings. The van der Waals surface area contributed by atoms with Crippen LogP contribution >= 0.6 is 15.9 Å². The highest BCUT2D eigenvalue weighted by atomic mass is 79.9. The Kier molecular flexibility index (Phi) is 6.08. The minimum Gasteiger partial charge on any atom is -0.507 e. The number of hydrazone groups is 1. The number of nitrogens with one attached hydrogen (secondary N) is 2. The highest BCUT2D eigenvalue weighted by molar-refractivity contribution is 9.10. The summed E-state index contributed by atoms with van der Waals surface area (Å²) in [6, 6.07) is 13.8. The van der Waals surface area contributed by atoms with Gasteiger partial charge < -0.3 is 10.4 Å². The Morgan fingerprint density at radius 3 is 2.54 bits per heavy atom. The van der Waals surface area contributed by atoms with Gasteiger partial charge in [0.1, 0.15) is 5.75 Å². The van der Waals surface area contributed by atoms with E-state index in [0.717, 1.165) is 5.56 Å². The molecule has 1 atom stereocenters. The normalized spacial score (nSPS) is 11.9. The molecule has 0 saturated carbocycles. The second kappa shape index (κ2) is 8.26. The fraction of sp³-hybridized carbons (Fsp3) is 0.118. The number of benzene rings is 2. The molecule has 2 aromatic carbocycles. The van der Waals surface area contributed by atoms with E-state index in [1.54, 1.807) is 19.1 Å². The van der Waals surface area contributed by atoms with Gasteiger partial charge in [-0.3, -0.25) is 9.59 Å². The van der Waals surface area contributed by atoms with Crippen LogP contribution in [0.4, 0.5) is 0 Å². The average molecular weight is 390 g/mol. The van der Waals surface area contributed by atoms with Crippen LogP contribution in [-0.2, 0) is 9.59 Å². The summed E-state index contributed by atoms with van der Waals surface area (Å²) in [6.45, 7) is 1.79. The topological polar surface area (TPSA) is 90.8 Å². The molecule has 0 bridgehead atoms. The maximum Gasteiger partial charge on any atom is 0.329 e. The van der Waals surface area contributed by atoms with Gasteiger partial charge in [-0.05, 0) is 52.2 Å². The molecule has 2 amide bonds. The van der Waals surface area contributed by atoms with Crippen molar-refractivity contribution in [2.45, 2.75) is 13.0 Å². The molecule has 0 saturated heterocycles. The highest BCUT2D eigenvalue weighted by Crippen LogP contribution is 2.23. The predicted octanol–water partition coefficient (Wildman–Crippen LogP) is 2.48. The van der Waals surface area contributed by atoms with Crippen molar-refractivity contribution in [2.75, 3.05) is 0 Å². The quantitative estimate of drug-likeness (QED) is 0.426. The van der Waals surface area contributed by atoms with Gasteiger partial charge >= 0.3 is 11.8 Å². The lowest BCUT2D eigenvalue weighted by molar-refractivity contribution is -0.139. The largest absolute Gasteiger partial charge is 0.507 e. The van der Waals surface area contributed by atoms with Gasteiger partial charge in [-0.1, -0.05) is 30.3 Å². The van der Waals surface area contributed by atoms with Crippen LogP contribution in [0.5, 0.6) is 5.75 Å². The maximum absolute atomic E-state index is 11.8. The molecule has 3 N–H and O–H groups in total. The first-order valence-corrected chi connectivity index (χ1v) is 7.94. The zero-order chi connectivity index (χ0) is 17.5. The molecule has 0 unspecified atom stereocenters. The first-order chi connectivity index (χ1) is 11.5. The van der Waals surface area contributed by atoms with Gasteiger partial charge in [0, 0.05) is 0 Å². The lowest BCUT2D eigenvalue weighted by Crippen LogP contribution is -2.39. The minimum atomic E-state index is -0.855. The molecular formula is C17H16BrN3O3. The van der Waals surface area contributed by atoms with Gasteiger partial charge in [0.2, 0.25) is 0 Å². The van der Waals surface area contributed by atoms with Gasteiger partial charge in [-0.15, -0.1) is 0 Å². The van der Waals surface area contributed by atoms with Crippen LogP contribution in [0.15, 0.2) is 58.1 Å². The van der Waals surface area contributed by atoms with Crippen molar-refractivity contribution in [3.8, 4) is 5.75 Å². The van der Waals surface area contributed by atoms with Gasteiger partial charge in [0.05, 0.1) is 16.7 Å². The van der Waals surface area contributed by atoms with E-state index < -0.39 is 11.8 Å². The molecule has 0 aliphatic carbocycles. The van der Waals surface area contributed by atoms with Gasteiger partial charge in [-0.25, -0.2) is 5.43 Å². The lowest BCUT2D eigenvalue weighted by Gasteiger charge is -2.13. The van der Waals surface area contributed by atoms with Crippen molar-refractivity contribution >= 4 is 34.0 Å². The van der Waals surface area contributed by atoms with Crippen LogP contribution in [0.1, 0.15) is 24.1 Å². The average Bonchev–Trinajstić information content (AvgIpc) is 2.58. The van der Waals surface area contributed by atoms with Crippen LogP contribution in [0.3, 0.4) is 0 Å². The zero-order valence-electron chi connectivity index (χ0n) is 12.9. The fourth-order valence-electron chi connectivity index (χ4n) is 1.91. The predicted molar refractivity (Wildman–Crippen MR) is 94.5 cm³/mol. The fourth-order valence-corrected chi connectivity index (χ4v) is 2.30. The van der Waals surface area contributed by atoms with E-state index in [0.29, 0.717) is 10.0 Å². The number of carbonyl (C=O) groups excluding carboxylic acids is 2. The van der Waals surface area contributed by atoms with Crippen molar-refractivity contribution in [1.29, 1.82) is 0 Å². The molecule has 2 aromatic rings. The first kappa shape index (κ1) is 17.7. The third-order valence-corrected chi connectivity index (χ3v) is 3.84. The maximum atomic E-state index is 11.8. The lowest BCUT2D eigenvalue weighted by atomic mass is 10.1. The number of aromatic hydroxyl groups is 1. The smallest absolute Gasteiger partial charge is 0.329 e. The van der Waals surface area contributed by atoms with E-state index in [1.807, 2.05) is 30.3 Å². The third kappa shape index (κ3) is 4.92. The van der Waals surface area contributed by atoms with Gasteiger partial charge in [-0.2, -0.15) is 5.10 Å². The van der Waals surface area contributed by atoms with Crippen LogP contribution in [0.25, 0.3) is 0 Å². The summed E-state index contributed by atoms with van der Waals surface area (Å²) in [7, 11) is 0. The van der Waals surface area contributed by atoms with E-state index in [2.05, 4.69) is 31.8 Å². The Morgan fingerprint density at radius 2 is 1.88 bits per heavy atom. The summed E-state index contributed by atoms with van der Waals surface area (Å²) >= 11 is 3.18. The van der Waals surface area contributed by atoms with E-state index >= 15 is 0 Å². The Balaban J connectivity index is 1.88. The van der Waals surface area contributed by atoms with Crippen molar-refractivity contribution in [2.24, 2.45) is 5.10 Å². The summed E-state index contributed by atoms with van der Waals surface area (Å²) < 4.78 is 0.507. The van der Waals surface area contributed by atoms with Gasteiger partial charge in [0.25, 0.3) is 0 Å². The minimum absolute atomic E-state index is 0.102. The van der Waals surface area contributed by atoms with E-state index in [4.69, 9.17) is 0 Å². The van der Waals surface area contributed by atoms with Crippen LogP contribution in [0, 0.1) is 0 Å². The molecule has 0 heterocycles. The molecule has 0 aliphatic heterocycles. The molecule has 7 heteroatoms. The standard InChI is InChI=1S/C17H16BrN3O3/c1-11(13-5-3-2-4-6-13)20-16(23)17(24)21-19-10-12-7-8-15(22)14(18)9-12/h2-11,22H,1H3,(H,20,23)(H,21,24)/b19-10+/t11-/m1/s1. The number of nitrogens with zero attached hydrogens (tertiary/aromatic N) is 1. The van der Waals surface area contributed by atoms with Crippen molar-refractivity contribution in [3.05, 3.63) is 64.1 Å². The van der Waals surface area contributed by atoms with E-state index in [9.17, 15) is 14.7 Å². The molecule has 0 radical (unpaired) electrons. The number of carbonyl (C=O) groups is 2. The zero-order valence-corrected chi connectivity index (χ0v) is 14.4. The number of hydrogen-bond acceptors (Lipinski definition) is 4. The molecule has 6 nitrogen and oxygen atoms in total. The number of amides is 2. The second-order valence-electron chi connectivity index (χ2n) is 5.02. The Bertz CT molecular complexity index is 763. The number of hydrogen-bond donors (Lipinski definition) is 3. The Hall–Kier alpha value is -2.67. The SMILES string of the molecule is C[C@@H](NC(=O)C(=O)N/N=C/c1ccc(O)c(Br)c1)c1ccccc1. The van der Waals surface area contributed by atoms with Gasteiger partial charge in [0.15, 0.2) is 0 Å². The summed E-state index contributed by atoms with van der Waals surface area (Å²) in [4.78, 5) is 23.6. The molecule has 24 heavy (non-hydrogen) atoms. The number of halogens is 1. The van der Waals surface area contributed by atoms with Crippen LogP contribution in [-0.4, -0.2) is 23.1 Å². The van der Waals surface area contributed by atoms with Crippen LogP contribution < -0.4 is 10.7 Å². The number of phenolic OH excluding ortho intramolecular Hbond substituents is 1. The molecule has 124 valence electrons. The first-order valence-electron chi connectivity index (χ1n) is 7.14. The second-order valence-corrected chi connectivity index (χ2v) is 5.87. The summed E-state index contributed by atoms with van der Waals surface area (Å²) in [6.07, 6.45) is 1.37. The van der Waals surface area contributed by atoms with E-state index in [-0.39, 0.29) is 11.8 Å². The summed E-state index contributed by atoms with van der Waals surface area (Å²) in [5.41, 5.74) is 3.71. The Morgan fingerprint density at radius 1 is 1.17 bits per heavy atom. The summed E-state index contributed by atoms with van der Waals surface area (Å²) in [5, 5.41) is 15.7. The third-order valence-electron chi connectivity index (χ3n) is 3.20. The molecule has 2 rings (SSSR count). The van der Waals surface area contributed by atoms with Crippen molar-refractivity contribution in [3.63, 3.8) is 0 Å². The number of phenols is 1. The summed E-state index contributed by atoms with van der Waals surface area (Å²) in [5.74, 6) is -1.52. The molecule has 0 spiro atoms. The highest BCUT2D eigenvalue weighted by Gasteiger charge is 2.16. The van der Waals surface area contributed by atoms with Crippen molar-refractivity contribution < 1.29 is 14.7 Å². The van der Waals surface area contributed by atoms with Crippen molar-refractivity contribution in [1.82, 2.24) is 10.7 Å². The van der Waals surface area contributed by atoms with Crippen LogP contribution in [0.2, 0.25) is 0 Å². The molecule has 0 aromatic heterocycles. The monoisotopic (exact) mass is 389 g/mol. The Labute approximate surface area is 147 Å². The number of rotatable bonds is 4. The van der Waals surface area contributed by atoms with E-state index in [1.165, 1.54) is 12.3 Å².